The maximum Gasteiger partial charge on any atom is 0.295 e. The molecule has 0 radical (unpaired) electrons. The van der Waals surface area contributed by atoms with Crippen molar-refractivity contribution in [1.82, 2.24) is 4.90 Å². The van der Waals surface area contributed by atoms with E-state index in [1.165, 1.54) is 4.90 Å². The Balaban J connectivity index is 1.78. The molecule has 7 heteroatoms. The summed E-state index contributed by atoms with van der Waals surface area (Å²) >= 11 is 13.2. The molecule has 2 aromatic carbocycles. The molecule has 1 fully saturated rings. The van der Waals surface area contributed by atoms with Gasteiger partial charge in [-0.05, 0) is 55.4 Å². The van der Waals surface area contributed by atoms with Crippen molar-refractivity contribution in [1.29, 1.82) is 0 Å². The number of thioether (sulfide) groups is 1. The van der Waals surface area contributed by atoms with Gasteiger partial charge >= 0.3 is 0 Å². The van der Waals surface area contributed by atoms with Gasteiger partial charge in [-0.3, -0.25) is 14.5 Å². The van der Waals surface area contributed by atoms with Gasteiger partial charge in [-0.2, -0.15) is 0 Å². The normalized spacial score (nSPS) is 15.8. The van der Waals surface area contributed by atoms with Gasteiger partial charge in [-0.1, -0.05) is 47.0 Å². The Kier molecular flexibility index (Phi) is 5.61. The van der Waals surface area contributed by atoms with Crippen LogP contribution in [0, 0.1) is 13.8 Å². The third-order valence-corrected chi connectivity index (χ3v) is 5.52. The van der Waals surface area contributed by atoms with Gasteiger partial charge in [-0.15, -0.1) is 0 Å². The van der Waals surface area contributed by atoms with Crippen molar-refractivity contribution in [3.63, 3.8) is 0 Å². The van der Waals surface area contributed by atoms with E-state index in [1.807, 2.05) is 32.0 Å². The van der Waals surface area contributed by atoms with Gasteiger partial charge in [0, 0.05) is 21.3 Å². The number of carbonyl (C=O) groups excluding carboxylic acids is 2. The average Bonchev–Trinajstić information content (AvgIpc) is 2.84. The summed E-state index contributed by atoms with van der Waals surface area (Å²) in [5.41, 5.74) is 3.62. The Morgan fingerprint density at radius 2 is 1.81 bits per heavy atom. The molecule has 0 aliphatic carbocycles. The third-order valence-electron chi connectivity index (χ3n) is 3.96. The molecule has 4 nitrogen and oxygen atoms in total. The highest BCUT2D eigenvalue weighted by atomic mass is 35.5. The fraction of sp³-hybridized carbons (Fsp3) is 0.158. The summed E-state index contributed by atoms with van der Waals surface area (Å²) in [6, 6.07) is 11.0. The van der Waals surface area contributed by atoms with Crippen LogP contribution in [0.15, 0.2) is 41.3 Å². The van der Waals surface area contributed by atoms with Crippen LogP contribution in [0.3, 0.4) is 0 Å². The van der Waals surface area contributed by atoms with Crippen LogP contribution in [0.25, 0.3) is 6.08 Å². The number of aryl methyl sites for hydroxylation is 2. The van der Waals surface area contributed by atoms with E-state index in [1.54, 1.807) is 24.3 Å². The summed E-state index contributed by atoms with van der Waals surface area (Å²) in [6.45, 7) is 4.09. The summed E-state index contributed by atoms with van der Waals surface area (Å²) in [5, 5.41) is 3.67. The van der Waals surface area contributed by atoms with Crippen LogP contribution >= 0.6 is 35.0 Å². The van der Waals surface area contributed by atoms with Gasteiger partial charge in [0.25, 0.3) is 11.1 Å². The fourth-order valence-electron chi connectivity index (χ4n) is 2.59. The molecule has 0 unspecified atom stereocenters. The first-order chi connectivity index (χ1) is 12.4. The Hall–Kier alpha value is -1.95. The maximum absolute atomic E-state index is 12.6. The summed E-state index contributed by atoms with van der Waals surface area (Å²) in [6.07, 6.45) is 1.56. The van der Waals surface area contributed by atoms with E-state index in [-0.39, 0.29) is 17.8 Å². The fourth-order valence-corrected chi connectivity index (χ4v) is 3.92. The first kappa shape index (κ1) is 18.8. The minimum atomic E-state index is -0.367. The number of halogens is 2. The van der Waals surface area contributed by atoms with Crippen molar-refractivity contribution in [2.45, 2.75) is 13.8 Å². The van der Waals surface area contributed by atoms with E-state index < -0.39 is 0 Å². The van der Waals surface area contributed by atoms with Crippen molar-refractivity contribution >= 4 is 57.9 Å². The van der Waals surface area contributed by atoms with E-state index >= 15 is 0 Å². The Labute approximate surface area is 166 Å². The molecular weight excluding hydrogens is 391 g/mol. The maximum atomic E-state index is 12.6. The van der Waals surface area contributed by atoms with Gasteiger partial charge in [0.05, 0.1) is 11.6 Å². The lowest BCUT2D eigenvalue weighted by atomic mass is 10.1. The number of imide groups is 1. The second-order valence-corrected chi connectivity index (χ2v) is 7.71. The zero-order valence-electron chi connectivity index (χ0n) is 14.2. The van der Waals surface area contributed by atoms with Gasteiger partial charge in [-0.25, -0.2) is 0 Å². The van der Waals surface area contributed by atoms with E-state index in [2.05, 4.69) is 5.32 Å². The van der Waals surface area contributed by atoms with Crippen molar-refractivity contribution in [3.05, 3.63) is 68.0 Å². The number of nitrogens with zero attached hydrogens (tertiary/aromatic N) is 1. The zero-order valence-corrected chi connectivity index (χ0v) is 16.5. The van der Waals surface area contributed by atoms with Crippen LogP contribution < -0.4 is 5.32 Å². The highest BCUT2D eigenvalue weighted by Crippen LogP contribution is 2.35. The minimum absolute atomic E-state index is 0.0994. The number of hydrogen-bond acceptors (Lipinski definition) is 4. The average molecular weight is 407 g/mol. The van der Waals surface area contributed by atoms with Crippen molar-refractivity contribution in [3.8, 4) is 0 Å². The van der Waals surface area contributed by atoms with Gasteiger partial charge in [0.15, 0.2) is 0 Å². The van der Waals surface area contributed by atoms with Crippen LogP contribution in [-0.2, 0) is 4.79 Å². The highest BCUT2D eigenvalue weighted by molar-refractivity contribution is 8.18. The third kappa shape index (κ3) is 3.90. The molecule has 1 heterocycles. The van der Waals surface area contributed by atoms with Crippen LogP contribution in [-0.4, -0.2) is 22.7 Å². The summed E-state index contributed by atoms with van der Waals surface area (Å²) in [4.78, 5) is 26.3. The molecule has 0 spiro atoms. The van der Waals surface area contributed by atoms with E-state index in [0.29, 0.717) is 20.5 Å². The second kappa shape index (κ2) is 7.74. The molecule has 26 heavy (non-hydrogen) atoms. The predicted octanol–water partition coefficient (Wildman–Crippen LogP) is 5.72. The lowest BCUT2D eigenvalue weighted by molar-refractivity contribution is -0.122. The van der Waals surface area contributed by atoms with Crippen molar-refractivity contribution in [2.75, 3.05) is 12.0 Å². The number of amides is 2. The predicted molar refractivity (Wildman–Crippen MR) is 109 cm³/mol. The number of carbonyl (C=O) groups is 2. The van der Waals surface area contributed by atoms with Gasteiger partial charge in [0.2, 0.25) is 0 Å². The molecule has 1 aliphatic heterocycles. The summed E-state index contributed by atoms with van der Waals surface area (Å²) < 4.78 is 0. The monoisotopic (exact) mass is 406 g/mol. The second-order valence-electron chi connectivity index (χ2n) is 5.90. The molecule has 0 bridgehead atoms. The number of anilines is 1. The van der Waals surface area contributed by atoms with Gasteiger partial charge < -0.3 is 5.32 Å². The molecule has 2 aromatic rings. The first-order valence-corrected chi connectivity index (χ1v) is 9.44. The molecule has 0 saturated carbocycles. The van der Waals surface area contributed by atoms with E-state index in [9.17, 15) is 9.59 Å². The Morgan fingerprint density at radius 1 is 1.12 bits per heavy atom. The highest BCUT2D eigenvalue weighted by Gasteiger charge is 2.35. The lowest BCUT2D eigenvalue weighted by Crippen LogP contribution is -2.33. The topological polar surface area (TPSA) is 49.4 Å². The van der Waals surface area contributed by atoms with Crippen LogP contribution in [0.2, 0.25) is 10.0 Å². The molecule has 134 valence electrons. The Morgan fingerprint density at radius 3 is 2.46 bits per heavy atom. The minimum Gasteiger partial charge on any atom is -0.367 e. The summed E-state index contributed by atoms with van der Waals surface area (Å²) in [5.74, 6) is -0.367. The van der Waals surface area contributed by atoms with E-state index in [0.717, 1.165) is 28.6 Å². The molecule has 1 saturated heterocycles. The SMILES string of the molecule is Cc1ccc(NCN2C(=O)S/C(=C/c3c(Cl)cccc3Cl)C2=O)c(C)c1. The van der Waals surface area contributed by atoms with Crippen molar-refractivity contribution < 1.29 is 9.59 Å². The van der Waals surface area contributed by atoms with Crippen LogP contribution in [0.1, 0.15) is 16.7 Å². The molecule has 2 amide bonds. The standard InChI is InChI=1S/C19H16Cl2N2O2S/c1-11-6-7-16(12(2)8-11)22-10-23-18(24)17(26-19(23)25)9-13-14(20)4-3-5-15(13)21/h3-9,22H,10H2,1-2H3/b17-9+. The molecule has 1 aliphatic rings. The molecule has 0 aromatic heterocycles. The Bertz CT molecular complexity index is 908. The van der Waals surface area contributed by atoms with Crippen LogP contribution in [0.5, 0.6) is 0 Å². The number of nitrogens with one attached hydrogen (secondary N) is 1. The quantitative estimate of drug-likeness (QED) is 0.659. The van der Waals surface area contributed by atoms with E-state index in [4.69, 9.17) is 23.2 Å². The summed E-state index contributed by atoms with van der Waals surface area (Å²) in [7, 11) is 0. The zero-order chi connectivity index (χ0) is 18.8. The smallest absolute Gasteiger partial charge is 0.295 e. The lowest BCUT2D eigenvalue weighted by Gasteiger charge is -2.16. The van der Waals surface area contributed by atoms with Crippen molar-refractivity contribution in [2.24, 2.45) is 0 Å². The molecule has 0 atom stereocenters. The number of benzene rings is 2. The first-order valence-electron chi connectivity index (χ1n) is 7.87. The largest absolute Gasteiger partial charge is 0.367 e. The number of rotatable bonds is 4. The van der Waals surface area contributed by atoms with Gasteiger partial charge in [0.1, 0.15) is 0 Å². The molecule has 3 rings (SSSR count). The number of hydrogen-bond donors (Lipinski definition) is 1. The molecular formula is C19H16Cl2N2O2S. The molecule has 1 N–H and O–H groups in total. The van der Waals surface area contributed by atoms with Crippen LogP contribution in [0.4, 0.5) is 10.5 Å².